The molecule has 0 aromatic rings. The molecule has 0 spiro atoms. The zero-order valence-corrected chi connectivity index (χ0v) is 11.6. The van der Waals surface area contributed by atoms with Crippen molar-refractivity contribution in [2.45, 2.75) is 58.5 Å². The number of piperazine rings is 1. The van der Waals surface area contributed by atoms with Crippen molar-refractivity contribution in [1.82, 2.24) is 10.2 Å². The normalized spacial score (nSPS) is 28.6. The van der Waals surface area contributed by atoms with Crippen LogP contribution in [0.4, 0.5) is 0 Å². The van der Waals surface area contributed by atoms with Crippen LogP contribution in [0.3, 0.4) is 0 Å². The van der Waals surface area contributed by atoms with Gasteiger partial charge in [0.1, 0.15) is 6.04 Å². The monoisotopic (exact) mass is 252 g/mol. The third-order valence-electron chi connectivity index (χ3n) is 4.72. The van der Waals surface area contributed by atoms with E-state index < -0.39 is 0 Å². The molecule has 1 aliphatic heterocycles. The summed E-state index contributed by atoms with van der Waals surface area (Å²) in [6, 6.07) is -0.109. The van der Waals surface area contributed by atoms with Gasteiger partial charge in [0.15, 0.2) is 0 Å². The van der Waals surface area contributed by atoms with Gasteiger partial charge >= 0.3 is 0 Å². The van der Waals surface area contributed by atoms with E-state index >= 15 is 0 Å². The SMILES string of the molecule is CCC(C)C1NC(=O)CN(C(C)C2CCC2)C1=O. The Bertz CT molecular complexity index is 339. The lowest BCUT2D eigenvalue weighted by Crippen LogP contribution is -2.63. The van der Waals surface area contributed by atoms with Crippen molar-refractivity contribution < 1.29 is 9.59 Å². The van der Waals surface area contributed by atoms with Crippen LogP contribution in [0.2, 0.25) is 0 Å². The van der Waals surface area contributed by atoms with E-state index in [4.69, 9.17) is 0 Å². The molecule has 0 aromatic heterocycles. The first-order valence-corrected chi connectivity index (χ1v) is 7.14. The summed E-state index contributed by atoms with van der Waals surface area (Å²) in [4.78, 5) is 26.1. The maximum Gasteiger partial charge on any atom is 0.246 e. The number of nitrogens with zero attached hydrogens (tertiary/aromatic N) is 1. The number of carbonyl (C=O) groups excluding carboxylic acids is 2. The smallest absolute Gasteiger partial charge is 0.246 e. The summed E-state index contributed by atoms with van der Waals surface area (Å²) < 4.78 is 0. The molecule has 4 heteroatoms. The molecule has 2 rings (SSSR count). The van der Waals surface area contributed by atoms with Gasteiger partial charge in [0.2, 0.25) is 11.8 Å². The van der Waals surface area contributed by atoms with E-state index in [1.165, 1.54) is 19.3 Å². The lowest BCUT2D eigenvalue weighted by atomic mass is 9.79. The van der Waals surface area contributed by atoms with Crippen molar-refractivity contribution in [3.63, 3.8) is 0 Å². The van der Waals surface area contributed by atoms with E-state index in [0.717, 1.165) is 6.42 Å². The van der Waals surface area contributed by atoms with Crippen LogP contribution >= 0.6 is 0 Å². The van der Waals surface area contributed by atoms with Crippen molar-refractivity contribution in [3.8, 4) is 0 Å². The van der Waals surface area contributed by atoms with Crippen molar-refractivity contribution in [2.24, 2.45) is 11.8 Å². The molecule has 2 aliphatic rings. The Balaban J connectivity index is 2.09. The first-order chi connectivity index (χ1) is 8.54. The minimum absolute atomic E-state index is 0.00827. The highest BCUT2D eigenvalue weighted by Crippen LogP contribution is 2.33. The summed E-state index contributed by atoms with van der Waals surface area (Å²) in [5.41, 5.74) is 0. The van der Waals surface area contributed by atoms with Gasteiger partial charge in [-0.15, -0.1) is 0 Å². The lowest BCUT2D eigenvalue weighted by Gasteiger charge is -2.43. The van der Waals surface area contributed by atoms with Gasteiger partial charge in [0.25, 0.3) is 0 Å². The van der Waals surface area contributed by atoms with Gasteiger partial charge in [0.05, 0.1) is 6.54 Å². The van der Waals surface area contributed by atoms with Crippen LogP contribution in [0.15, 0.2) is 0 Å². The van der Waals surface area contributed by atoms with Crippen molar-refractivity contribution in [1.29, 1.82) is 0 Å². The number of hydrogen-bond donors (Lipinski definition) is 1. The second-order valence-electron chi connectivity index (χ2n) is 5.83. The number of amides is 2. The molecule has 1 aliphatic carbocycles. The molecular formula is C14H24N2O2. The molecule has 4 nitrogen and oxygen atoms in total. The Labute approximate surface area is 109 Å². The molecule has 0 radical (unpaired) electrons. The Morgan fingerprint density at radius 3 is 2.50 bits per heavy atom. The van der Waals surface area contributed by atoms with Crippen molar-refractivity contribution in [2.75, 3.05) is 6.54 Å². The quantitative estimate of drug-likeness (QED) is 0.825. The summed E-state index contributed by atoms with van der Waals surface area (Å²) in [7, 11) is 0. The first kappa shape index (κ1) is 13.4. The fraction of sp³-hybridized carbons (Fsp3) is 0.857. The van der Waals surface area contributed by atoms with E-state index in [0.29, 0.717) is 5.92 Å². The number of rotatable bonds is 4. The van der Waals surface area contributed by atoms with E-state index in [1.807, 2.05) is 6.92 Å². The van der Waals surface area contributed by atoms with E-state index in [-0.39, 0.29) is 36.4 Å². The fourth-order valence-corrected chi connectivity index (χ4v) is 2.83. The molecule has 0 aromatic carbocycles. The third-order valence-corrected chi connectivity index (χ3v) is 4.72. The van der Waals surface area contributed by atoms with Crippen LogP contribution in [0.25, 0.3) is 0 Å². The number of carbonyl (C=O) groups is 2. The fourth-order valence-electron chi connectivity index (χ4n) is 2.83. The largest absolute Gasteiger partial charge is 0.342 e. The van der Waals surface area contributed by atoms with Crippen LogP contribution in [-0.2, 0) is 9.59 Å². The van der Waals surface area contributed by atoms with Gasteiger partial charge in [-0.2, -0.15) is 0 Å². The molecule has 0 bridgehead atoms. The van der Waals surface area contributed by atoms with Crippen LogP contribution in [-0.4, -0.2) is 35.3 Å². The van der Waals surface area contributed by atoms with Crippen molar-refractivity contribution in [3.05, 3.63) is 0 Å². The van der Waals surface area contributed by atoms with Gasteiger partial charge in [-0.3, -0.25) is 9.59 Å². The Hall–Kier alpha value is -1.06. The second kappa shape index (κ2) is 5.29. The molecule has 3 atom stereocenters. The molecule has 2 amide bonds. The zero-order valence-electron chi connectivity index (χ0n) is 11.6. The van der Waals surface area contributed by atoms with E-state index in [9.17, 15) is 9.59 Å². The zero-order chi connectivity index (χ0) is 13.3. The maximum absolute atomic E-state index is 12.5. The van der Waals surface area contributed by atoms with E-state index in [1.54, 1.807) is 4.90 Å². The molecule has 1 saturated carbocycles. The topological polar surface area (TPSA) is 49.4 Å². The predicted octanol–water partition coefficient (Wildman–Crippen LogP) is 1.55. The summed E-state index contributed by atoms with van der Waals surface area (Å²) in [5, 5.41) is 2.85. The standard InChI is InChI=1S/C14H24N2O2/c1-4-9(2)13-14(18)16(8-12(17)15-13)10(3)11-6-5-7-11/h9-11,13H,4-8H2,1-3H3,(H,15,17). The van der Waals surface area contributed by atoms with Crippen LogP contribution in [0, 0.1) is 11.8 Å². The minimum Gasteiger partial charge on any atom is -0.342 e. The number of hydrogen-bond acceptors (Lipinski definition) is 2. The minimum atomic E-state index is -0.321. The molecular weight excluding hydrogens is 228 g/mol. The average Bonchev–Trinajstić information content (AvgIpc) is 2.28. The van der Waals surface area contributed by atoms with Gasteiger partial charge in [-0.1, -0.05) is 26.7 Å². The Morgan fingerprint density at radius 1 is 1.33 bits per heavy atom. The highest BCUT2D eigenvalue weighted by Gasteiger charge is 2.40. The van der Waals surface area contributed by atoms with Gasteiger partial charge in [-0.25, -0.2) is 0 Å². The molecule has 1 saturated heterocycles. The number of nitrogens with one attached hydrogen (secondary N) is 1. The lowest BCUT2D eigenvalue weighted by molar-refractivity contribution is -0.149. The molecule has 1 N–H and O–H groups in total. The summed E-state index contributed by atoms with van der Waals surface area (Å²) in [6.07, 6.45) is 4.56. The maximum atomic E-state index is 12.5. The van der Waals surface area contributed by atoms with Gasteiger partial charge in [-0.05, 0) is 31.6 Å². The van der Waals surface area contributed by atoms with Crippen LogP contribution < -0.4 is 5.32 Å². The Morgan fingerprint density at radius 2 is 2.00 bits per heavy atom. The first-order valence-electron chi connectivity index (χ1n) is 7.14. The molecule has 1 heterocycles. The van der Waals surface area contributed by atoms with Crippen LogP contribution in [0.5, 0.6) is 0 Å². The van der Waals surface area contributed by atoms with Crippen LogP contribution in [0.1, 0.15) is 46.5 Å². The highest BCUT2D eigenvalue weighted by atomic mass is 16.2. The van der Waals surface area contributed by atoms with E-state index in [2.05, 4.69) is 19.2 Å². The van der Waals surface area contributed by atoms with Gasteiger partial charge < -0.3 is 10.2 Å². The molecule has 102 valence electrons. The molecule has 18 heavy (non-hydrogen) atoms. The van der Waals surface area contributed by atoms with Gasteiger partial charge in [0, 0.05) is 6.04 Å². The average molecular weight is 252 g/mol. The predicted molar refractivity (Wildman–Crippen MR) is 69.9 cm³/mol. The molecule has 2 fully saturated rings. The highest BCUT2D eigenvalue weighted by molar-refractivity contribution is 5.95. The summed E-state index contributed by atoms with van der Waals surface area (Å²) in [6.45, 7) is 6.41. The Kier molecular flexibility index (Phi) is 3.93. The van der Waals surface area contributed by atoms with Crippen molar-refractivity contribution >= 4 is 11.8 Å². The summed E-state index contributed by atoms with van der Waals surface area (Å²) >= 11 is 0. The second-order valence-corrected chi connectivity index (χ2v) is 5.83. The molecule has 3 unspecified atom stereocenters. The summed E-state index contributed by atoms with van der Waals surface area (Å²) in [5.74, 6) is 0.907. The third kappa shape index (κ3) is 2.38.